The highest BCUT2D eigenvalue weighted by atomic mass is 32.2. The van der Waals surface area contributed by atoms with Crippen molar-refractivity contribution in [2.24, 2.45) is 0 Å². The number of hydrogen-bond donors (Lipinski definition) is 4. The summed E-state index contributed by atoms with van der Waals surface area (Å²) in [5.74, 6) is 1.16. The molecule has 0 saturated carbocycles. The first-order chi connectivity index (χ1) is 17.5. The van der Waals surface area contributed by atoms with Crippen LogP contribution >= 0.6 is 11.8 Å². The topological polar surface area (TPSA) is 133 Å². The number of carbonyl (C=O) groups excluding carboxylic acids is 1. The van der Waals surface area contributed by atoms with Gasteiger partial charge in [-0.1, -0.05) is 0 Å². The zero-order valence-corrected chi connectivity index (χ0v) is 20.8. The van der Waals surface area contributed by atoms with Gasteiger partial charge in [0, 0.05) is 48.2 Å². The molecule has 2 atom stereocenters. The third kappa shape index (κ3) is 5.51. The average molecular weight is 509 g/mol. The summed E-state index contributed by atoms with van der Waals surface area (Å²) in [6.45, 7) is 2.78. The Bertz CT molecular complexity index is 1340. The number of methoxy groups -OCH3 is 1. The maximum Gasteiger partial charge on any atom is 0.238 e. The summed E-state index contributed by atoms with van der Waals surface area (Å²) in [5.41, 5.74) is 2.42. The zero-order valence-electron chi connectivity index (χ0n) is 20.0. The third-order valence-corrected chi connectivity index (χ3v) is 6.91. The van der Waals surface area contributed by atoms with Crippen molar-refractivity contribution in [1.82, 2.24) is 29.5 Å². The molecule has 1 amide bonds. The smallest absolute Gasteiger partial charge is 0.238 e. The fourth-order valence-electron chi connectivity index (χ4n) is 4.23. The van der Waals surface area contributed by atoms with E-state index in [0.717, 1.165) is 22.7 Å². The van der Waals surface area contributed by atoms with Crippen LogP contribution in [0.15, 0.2) is 58.7 Å². The van der Waals surface area contributed by atoms with Crippen molar-refractivity contribution in [3.8, 4) is 0 Å². The molecule has 11 nitrogen and oxygen atoms in total. The Balaban J connectivity index is 1.23. The minimum atomic E-state index is -0.128. The lowest BCUT2D eigenvalue weighted by molar-refractivity contribution is -0.117. The minimum Gasteiger partial charge on any atom is -0.395 e. The number of aliphatic hydroxyl groups is 1. The maximum atomic E-state index is 12.6. The number of carbonyl (C=O) groups is 1. The fraction of sp³-hybridized carbons (Fsp3) is 0.333. The van der Waals surface area contributed by atoms with Gasteiger partial charge in [0.05, 0.1) is 19.3 Å². The van der Waals surface area contributed by atoms with Gasteiger partial charge in [-0.25, -0.2) is 4.98 Å². The number of ether oxygens (including phenoxy) is 1. The van der Waals surface area contributed by atoms with Crippen molar-refractivity contribution in [3.63, 3.8) is 0 Å². The Hall–Kier alpha value is -3.45. The number of benzene rings is 1. The van der Waals surface area contributed by atoms with Crippen molar-refractivity contribution in [2.45, 2.75) is 35.5 Å². The van der Waals surface area contributed by atoms with E-state index in [0.29, 0.717) is 29.2 Å². The molecule has 1 aliphatic rings. The summed E-state index contributed by atoms with van der Waals surface area (Å²) >= 11 is 1.43. The maximum absolute atomic E-state index is 12.6. The van der Waals surface area contributed by atoms with Crippen LogP contribution in [0.1, 0.15) is 12.1 Å². The average Bonchev–Trinajstić information content (AvgIpc) is 3.60. The quantitative estimate of drug-likeness (QED) is 0.269. The predicted molar refractivity (Wildman–Crippen MR) is 137 cm³/mol. The number of aryl methyl sites for hydroxylation is 1. The number of H-pyrrole nitrogens is 1. The molecule has 36 heavy (non-hydrogen) atoms. The molecule has 12 heteroatoms. The second kappa shape index (κ2) is 10.7. The van der Waals surface area contributed by atoms with Crippen LogP contribution in [0.5, 0.6) is 0 Å². The van der Waals surface area contributed by atoms with Gasteiger partial charge < -0.3 is 20.5 Å². The zero-order chi connectivity index (χ0) is 25.1. The Kier molecular flexibility index (Phi) is 7.18. The molecule has 0 aliphatic carbocycles. The standard InChI is InChI=1S/C24H28N8O3S/c1-15-10-20(30-29-15)26-23-28-24(27-21-4-3-9-32(21)23)36-19-7-5-16(6-8-19)25-22(34)13-31-12-18(35-2)11-17(31)14-33/h3-10,17-18,33H,11-14H2,1-2H3,(H,25,34)(H2,26,27,28,29,30)/t17-,18-/m1/s1. The number of aromatic amines is 1. The van der Waals surface area contributed by atoms with E-state index in [1.54, 1.807) is 7.11 Å². The Labute approximate surface area is 212 Å². The molecule has 4 aromatic rings. The molecule has 0 bridgehead atoms. The summed E-state index contributed by atoms with van der Waals surface area (Å²) < 4.78 is 7.25. The number of hydrogen-bond acceptors (Lipinski definition) is 9. The van der Waals surface area contributed by atoms with Crippen LogP contribution in [0, 0.1) is 6.92 Å². The van der Waals surface area contributed by atoms with Crippen LogP contribution in [-0.2, 0) is 9.53 Å². The van der Waals surface area contributed by atoms with Crippen LogP contribution in [-0.4, -0.2) is 79.4 Å². The van der Waals surface area contributed by atoms with E-state index in [-0.39, 0.29) is 31.2 Å². The Morgan fingerprint density at radius 2 is 2.11 bits per heavy atom. The van der Waals surface area contributed by atoms with Crippen LogP contribution in [0.25, 0.3) is 5.65 Å². The lowest BCUT2D eigenvalue weighted by Crippen LogP contribution is -2.38. The summed E-state index contributed by atoms with van der Waals surface area (Å²) in [7, 11) is 1.65. The van der Waals surface area contributed by atoms with E-state index in [4.69, 9.17) is 4.74 Å². The van der Waals surface area contributed by atoms with Gasteiger partial charge >= 0.3 is 0 Å². The van der Waals surface area contributed by atoms with Crippen molar-refractivity contribution in [3.05, 3.63) is 54.4 Å². The number of rotatable bonds is 9. The monoisotopic (exact) mass is 508 g/mol. The first kappa shape index (κ1) is 24.3. The Morgan fingerprint density at radius 3 is 2.83 bits per heavy atom. The van der Waals surface area contributed by atoms with E-state index in [2.05, 4.69) is 30.8 Å². The number of fused-ring (bicyclic) bond motifs is 1. The molecule has 1 aliphatic heterocycles. The lowest BCUT2D eigenvalue weighted by Gasteiger charge is -2.21. The van der Waals surface area contributed by atoms with Gasteiger partial charge in [-0.05, 0) is 61.5 Å². The number of likely N-dealkylation sites (tertiary alicyclic amines) is 1. The lowest BCUT2D eigenvalue weighted by atomic mass is 10.2. The van der Waals surface area contributed by atoms with Crippen molar-refractivity contribution in [1.29, 1.82) is 0 Å². The van der Waals surface area contributed by atoms with Gasteiger partial charge in [-0.2, -0.15) is 10.1 Å². The minimum absolute atomic E-state index is 0.00866. The SMILES string of the molecule is CO[C@@H]1C[C@H](CO)N(CC(=O)Nc2ccc(Sc3nc(Nc4cc(C)[nH]n4)n4cccc4n3)cc2)C1. The molecule has 5 rings (SSSR count). The summed E-state index contributed by atoms with van der Waals surface area (Å²) in [5, 5.41) is 23.5. The highest BCUT2D eigenvalue weighted by Gasteiger charge is 2.32. The second-order valence-corrected chi connectivity index (χ2v) is 9.70. The molecule has 1 fully saturated rings. The summed E-state index contributed by atoms with van der Waals surface area (Å²) in [4.78, 5) is 24.8. The number of aliphatic hydroxyl groups excluding tert-OH is 1. The molecule has 1 aromatic carbocycles. The molecular weight excluding hydrogens is 480 g/mol. The van der Waals surface area contributed by atoms with E-state index in [1.165, 1.54) is 11.8 Å². The molecule has 188 valence electrons. The highest BCUT2D eigenvalue weighted by molar-refractivity contribution is 7.99. The summed E-state index contributed by atoms with van der Waals surface area (Å²) in [6, 6.07) is 13.2. The first-order valence-corrected chi connectivity index (χ1v) is 12.4. The number of nitrogens with one attached hydrogen (secondary N) is 3. The molecule has 4 heterocycles. The highest BCUT2D eigenvalue weighted by Crippen LogP contribution is 2.28. The predicted octanol–water partition coefficient (Wildman–Crippen LogP) is 2.68. The number of nitrogens with zero attached hydrogens (tertiary/aromatic N) is 5. The molecule has 4 N–H and O–H groups in total. The van der Waals surface area contributed by atoms with Gasteiger partial charge in [0.2, 0.25) is 11.9 Å². The summed E-state index contributed by atoms with van der Waals surface area (Å²) in [6.07, 6.45) is 2.66. The van der Waals surface area contributed by atoms with E-state index in [9.17, 15) is 9.90 Å². The second-order valence-electron chi connectivity index (χ2n) is 8.66. The van der Waals surface area contributed by atoms with Crippen LogP contribution in [0.4, 0.5) is 17.5 Å². The molecule has 0 unspecified atom stereocenters. The Morgan fingerprint density at radius 1 is 1.28 bits per heavy atom. The van der Waals surface area contributed by atoms with Crippen molar-refractivity contribution >= 4 is 40.8 Å². The van der Waals surface area contributed by atoms with Crippen molar-refractivity contribution < 1.29 is 14.6 Å². The molecule has 1 saturated heterocycles. The first-order valence-electron chi connectivity index (χ1n) is 11.6. The molecule has 3 aromatic heterocycles. The van der Waals surface area contributed by atoms with Crippen LogP contribution in [0.3, 0.4) is 0 Å². The van der Waals surface area contributed by atoms with Gasteiger partial charge in [-0.15, -0.1) is 0 Å². The number of anilines is 3. The van der Waals surface area contributed by atoms with Crippen LogP contribution < -0.4 is 10.6 Å². The molecular formula is C24H28N8O3S. The van der Waals surface area contributed by atoms with Gasteiger partial charge in [0.15, 0.2) is 11.0 Å². The van der Waals surface area contributed by atoms with Crippen LogP contribution in [0.2, 0.25) is 0 Å². The van der Waals surface area contributed by atoms with Gasteiger partial charge in [0.1, 0.15) is 5.65 Å². The normalized spacial score (nSPS) is 18.1. The molecule has 0 radical (unpaired) electrons. The third-order valence-electron chi connectivity index (χ3n) is 6.04. The number of aromatic nitrogens is 5. The van der Waals surface area contributed by atoms with E-state index < -0.39 is 0 Å². The van der Waals surface area contributed by atoms with Gasteiger partial charge in [0.25, 0.3) is 0 Å². The van der Waals surface area contributed by atoms with Gasteiger partial charge in [-0.3, -0.25) is 19.2 Å². The molecule has 0 spiro atoms. The fourth-order valence-corrected chi connectivity index (χ4v) is 4.98. The van der Waals surface area contributed by atoms with E-state index >= 15 is 0 Å². The number of amides is 1. The van der Waals surface area contributed by atoms with E-state index in [1.807, 2.05) is 64.9 Å². The largest absolute Gasteiger partial charge is 0.395 e. The van der Waals surface area contributed by atoms with Crippen molar-refractivity contribution in [2.75, 3.05) is 37.4 Å².